The SMILES string of the molecule is Fc1ccc(OCc2cccc(F)c2Br)c(Br)c1. The van der Waals surface area contributed by atoms with Gasteiger partial charge in [-0.15, -0.1) is 0 Å². The third-order valence-corrected chi connectivity index (χ3v) is 3.82. The molecular weight excluding hydrogens is 370 g/mol. The molecule has 5 heteroatoms. The molecule has 0 radical (unpaired) electrons. The van der Waals surface area contributed by atoms with Gasteiger partial charge in [0.25, 0.3) is 0 Å². The molecule has 0 aliphatic heterocycles. The van der Waals surface area contributed by atoms with Gasteiger partial charge in [-0.3, -0.25) is 0 Å². The van der Waals surface area contributed by atoms with Crippen molar-refractivity contribution in [3.63, 3.8) is 0 Å². The van der Waals surface area contributed by atoms with E-state index in [0.29, 0.717) is 20.3 Å². The van der Waals surface area contributed by atoms with Gasteiger partial charge >= 0.3 is 0 Å². The van der Waals surface area contributed by atoms with Gasteiger partial charge in [-0.25, -0.2) is 8.78 Å². The van der Waals surface area contributed by atoms with Crippen LogP contribution in [0.15, 0.2) is 45.3 Å². The molecule has 2 aromatic carbocycles. The van der Waals surface area contributed by atoms with Crippen LogP contribution in [0.5, 0.6) is 5.75 Å². The minimum atomic E-state index is -0.346. The van der Waals surface area contributed by atoms with Gasteiger partial charge in [0.15, 0.2) is 0 Å². The van der Waals surface area contributed by atoms with E-state index >= 15 is 0 Å². The first-order chi connectivity index (χ1) is 8.58. The Morgan fingerprint density at radius 3 is 2.56 bits per heavy atom. The normalized spacial score (nSPS) is 10.4. The molecule has 0 atom stereocenters. The van der Waals surface area contributed by atoms with Gasteiger partial charge in [0.1, 0.15) is 24.0 Å². The summed E-state index contributed by atoms with van der Waals surface area (Å²) in [6.07, 6.45) is 0. The molecule has 2 aromatic rings. The first kappa shape index (κ1) is 13.5. The minimum Gasteiger partial charge on any atom is -0.488 e. The molecule has 0 aliphatic carbocycles. The summed E-state index contributed by atoms with van der Waals surface area (Å²) in [4.78, 5) is 0. The molecule has 18 heavy (non-hydrogen) atoms. The lowest BCUT2D eigenvalue weighted by Gasteiger charge is -2.09. The van der Waals surface area contributed by atoms with Crippen molar-refractivity contribution in [2.24, 2.45) is 0 Å². The number of benzene rings is 2. The summed E-state index contributed by atoms with van der Waals surface area (Å²) < 4.78 is 32.6. The molecular formula is C13H8Br2F2O. The Bertz CT molecular complexity index is 573. The van der Waals surface area contributed by atoms with Crippen molar-refractivity contribution < 1.29 is 13.5 Å². The number of halogens is 4. The highest BCUT2D eigenvalue weighted by Crippen LogP contribution is 2.28. The highest BCUT2D eigenvalue weighted by atomic mass is 79.9. The molecule has 0 fully saturated rings. The Morgan fingerprint density at radius 1 is 1.06 bits per heavy atom. The third-order valence-electron chi connectivity index (χ3n) is 2.31. The van der Waals surface area contributed by atoms with Gasteiger partial charge in [0.2, 0.25) is 0 Å². The molecule has 2 rings (SSSR count). The molecule has 0 saturated carbocycles. The van der Waals surface area contributed by atoms with Gasteiger partial charge in [-0.2, -0.15) is 0 Å². The van der Waals surface area contributed by atoms with Crippen molar-refractivity contribution in [3.05, 3.63) is 62.5 Å². The van der Waals surface area contributed by atoms with E-state index in [1.54, 1.807) is 12.1 Å². The van der Waals surface area contributed by atoms with Crippen LogP contribution in [0, 0.1) is 11.6 Å². The summed E-state index contributed by atoms with van der Waals surface area (Å²) in [6, 6.07) is 8.87. The van der Waals surface area contributed by atoms with E-state index < -0.39 is 0 Å². The van der Waals surface area contributed by atoms with E-state index in [1.165, 1.54) is 24.3 Å². The Hall–Kier alpha value is -0.940. The van der Waals surface area contributed by atoms with E-state index in [9.17, 15) is 8.78 Å². The van der Waals surface area contributed by atoms with Crippen molar-refractivity contribution >= 4 is 31.9 Å². The van der Waals surface area contributed by atoms with Gasteiger partial charge in [0, 0.05) is 5.56 Å². The second kappa shape index (κ2) is 5.80. The lowest BCUT2D eigenvalue weighted by molar-refractivity contribution is 0.302. The summed E-state index contributed by atoms with van der Waals surface area (Å²) in [7, 11) is 0. The maximum absolute atomic E-state index is 13.3. The van der Waals surface area contributed by atoms with Crippen molar-refractivity contribution in [2.75, 3.05) is 0 Å². The first-order valence-corrected chi connectivity index (χ1v) is 6.67. The molecule has 94 valence electrons. The summed E-state index contributed by atoms with van der Waals surface area (Å²) >= 11 is 6.36. The number of rotatable bonds is 3. The molecule has 0 amide bonds. The zero-order valence-corrected chi connectivity index (χ0v) is 12.3. The van der Waals surface area contributed by atoms with Crippen LogP contribution in [0.4, 0.5) is 8.78 Å². The topological polar surface area (TPSA) is 9.23 Å². The van der Waals surface area contributed by atoms with Crippen LogP contribution in [-0.2, 0) is 6.61 Å². The third kappa shape index (κ3) is 3.09. The van der Waals surface area contributed by atoms with Crippen molar-refractivity contribution in [2.45, 2.75) is 6.61 Å². The molecule has 0 heterocycles. The zero-order chi connectivity index (χ0) is 13.1. The number of ether oxygens (including phenoxy) is 1. The maximum Gasteiger partial charge on any atom is 0.137 e. The van der Waals surface area contributed by atoms with Crippen LogP contribution in [0.25, 0.3) is 0 Å². The Labute approximate surface area is 120 Å². The summed E-state index contributed by atoms with van der Waals surface area (Å²) in [5.41, 5.74) is 0.686. The standard InChI is InChI=1S/C13H8Br2F2O/c14-10-6-9(16)4-5-12(10)18-7-8-2-1-3-11(17)13(8)15/h1-6H,7H2. The fourth-order valence-corrected chi connectivity index (χ4v) is 2.25. The molecule has 0 aliphatic rings. The number of hydrogen-bond donors (Lipinski definition) is 0. The Balaban J connectivity index is 2.14. The molecule has 0 N–H and O–H groups in total. The van der Waals surface area contributed by atoms with Gasteiger partial charge in [0.05, 0.1) is 8.95 Å². The maximum atomic E-state index is 13.3. The van der Waals surface area contributed by atoms with Crippen LogP contribution in [-0.4, -0.2) is 0 Å². The lowest BCUT2D eigenvalue weighted by atomic mass is 10.2. The molecule has 0 unspecified atom stereocenters. The Morgan fingerprint density at radius 2 is 1.83 bits per heavy atom. The van der Waals surface area contributed by atoms with Crippen molar-refractivity contribution in [1.82, 2.24) is 0 Å². The summed E-state index contributed by atoms with van der Waals surface area (Å²) in [5.74, 6) is -0.178. The van der Waals surface area contributed by atoms with E-state index in [0.717, 1.165) is 0 Å². The van der Waals surface area contributed by atoms with Gasteiger partial charge in [-0.05, 0) is 56.1 Å². The van der Waals surface area contributed by atoms with E-state index in [-0.39, 0.29) is 18.2 Å². The van der Waals surface area contributed by atoms with E-state index in [4.69, 9.17) is 4.74 Å². The lowest BCUT2D eigenvalue weighted by Crippen LogP contribution is -1.98. The molecule has 0 saturated heterocycles. The average molecular weight is 378 g/mol. The van der Waals surface area contributed by atoms with Gasteiger partial charge in [-0.1, -0.05) is 12.1 Å². The quantitative estimate of drug-likeness (QED) is 0.725. The minimum absolute atomic E-state index is 0.197. The highest BCUT2D eigenvalue weighted by molar-refractivity contribution is 9.10. The van der Waals surface area contributed by atoms with Crippen LogP contribution in [0.2, 0.25) is 0 Å². The second-order valence-corrected chi connectivity index (χ2v) is 5.22. The first-order valence-electron chi connectivity index (χ1n) is 5.08. The smallest absolute Gasteiger partial charge is 0.137 e. The van der Waals surface area contributed by atoms with Gasteiger partial charge < -0.3 is 4.74 Å². The molecule has 0 bridgehead atoms. The van der Waals surface area contributed by atoms with Crippen molar-refractivity contribution in [3.8, 4) is 5.75 Å². The fourth-order valence-electron chi connectivity index (χ4n) is 1.41. The van der Waals surface area contributed by atoms with Crippen molar-refractivity contribution in [1.29, 1.82) is 0 Å². The van der Waals surface area contributed by atoms with Crippen LogP contribution in [0.1, 0.15) is 5.56 Å². The monoisotopic (exact) mass is 376 g/mol. The summed E-state index contributed by atoms with van der Waals surface area (Å²) in [5, 5.41) is 0. The van der Waals surface area contributed by atoms with E-state index in [2.05, 4.69) is 31.9 Å². The largest absolute Gasteiger partial charge is 0.488 e. The highest BCUT2D eigenvalue weighted by Gasteiger charge is 2.07. The predicted octanol–water partition coefficient (Wildman–Crippen LogP) is 5.07. The Kier molecular flexibility index (Phi) is 4.35. The fraction of sp³-hybridized carbons (Fsp3) is 0.0769. The molecule has 0 spiro atoms. The predicted molar refractivity (Wildman–Crippen MR) is 72.5 cm³/mol. The molecule has 0 aromatic heterocycles. The van der Waals surface area contributed by atoms with Crippen LogP contribution in [0.3, 0.4) is 0 Å². The molecule has 1 nitrogen and oxygen atoms in total. The van der Waals surface area contributed by atoms with Crippen LogP contribution < -0.4 is 4.74 Å². The number of hydrogen-bond acceptors (Lipinski definition) is 1. The van der Waals surface area contributed by atoms with E-state index in [1.807, 2.05) is 0 Å². The second-order valence-electron chi connectivity index (χ2n) is 3.58. The summed E-state index contributed by atoms with van der Waals surface area (Å²) in [6.45, 7) is 0.197. The average Bonchev–Trinajstić information content (AvgIpc) is 2.33. The zero-order valence-electron chi connectivity index (χ0n) is 9.09. The van der Waals surface area contributed by atoms with Crippen LogP contribution >= 0.6 is 31.9 Å².